The van der Waals surface area contributed by atoms with Gasteiger partial charge in [0.1, 0.15) is 5.75 Å². The van der Waals surface area contributed by atoms with E-state index in [0.29, 0.717) is 0 Å². The lowest BCUT2D eigenvalue weighted by molar-refractivity contribution is -0.137. The fourth-order valence-electron chi connectivity index (χ4n) is 1.63. The van der Waals surface area contributed by atoms with E-state index < -0.39 is 20.1 Å². The molecule has 0 saturated carbocycles. The SMILES string of the molecule is CN(C)C(=O)c1ccc(C(F)(F)F)cc1O[Si](C)(C)C(C)(C)C. The van der Waals surface area contributed by atoms with Gasteiger partial charge in [-0.1, -0.05) is 20.8 Å². The Labute approximate surface area is 136 Å². The van der Waals surface area contributed by atoms with E-state index in [2.05, 4.69) is 0 Å². The average Bonchev–Trinajstić information content (AvgIpc) is 2.34. The quantitative estimate of drug-likeness (QED) is 0.736. The monoisotopic (exact) mass is 347 g/mol. The van der Waals surface area contributed by atoms with Gasteiger partial charge in [-0.25, -0.2) is 0 Å². The molecule has 0 spiro atoms. The zero-order valence-corrected chi connectivity index (χ0v) is 15.6. The maximum Gasteiger partial charge on any atom is 0.416 e. The van der Waals surface area contributed by atoms with E-state index in [-0.39, 0.29) is 22.3 Å². The first-order chi connectivity index (χ1) is 10.2. The van der Waals surface area contributed by atoms with Crippen molar-refractivity contribution in [3.05, 3.63) is 29.3 Å². The van der Waals surface area contributed by atoms with E-state index in [0.717, 1.165) is 12.1 Å². The van der Waals surface area contributed by atoms with Crippen molar-refractivity contribution in [2.75, 3.05) is 14.1 Å². The van der Waals surface area contributed by atoms with Crippen LogP contribution in [0.3, 0.4) is 0 Å². The van der Waals surface area contributed by atoms with Crippen LogP contribution in [-0.4, -0.2) is 33.2 Å². The molecule has 1 rings (SSSR count). The van der Waals surface area contributed by atoms with Gasteiger partial charge in [0, 0.05) is 14.1 Å². The number of rotatable bonds is 3. The molecule has 0 aliphatic heterocycles. The standard InChI is InChI=1S/C16H24F3NO2Si/c1-15(2,3)23(6,7)22-13-10-11(16(17,18)19)8-9-12(13)14(21)20(4)5/h8-10H,1-7H3. The van der Waals surface area contributed by atoms with Crippen LogP contribution in [0.5, 0.6) is 5.75 Å². The summed E-state index contributed by atoms with van der Waals surface area (Å²) in [6.07, 6.45) is -4.48. The fraction of sp³-hybridized carbons (Fsp3) is 0.562. The van der Waals surface area contributed by atoms with Crippen molar-refractivity contribution in [3.8, 4) is 5.75 Å². The molecule has 1 aromatic carbocycles. The molecule has 0 saturated heterocycles. The third-order valence-electron chi connectivity index (χ3n) is 4.12. The van der Waals surface area contributed by atoms with Gasteiger partial charge in [-0.15, -0.1) is 0 Å². The van der Waals surface area contributed by atoms with Crippen LogP contribution >= 0.6 is 0 Å². The first kappa shape index (κ1) is 19.5. The Morgan fingerprint density at radius 3 is 2.04 bits per heavy atom. The zero-order chi connectivity index (χ0) is 18.2. The third kappa shape index (κ3) is 4.50. The highest BCUT2D eigenvalue weighted by molar-refractivity contribution is 6.74. The summed E-state index contributed by atoms with van der Waals surface area (Å²) in [7, 11) is 0.726. The second kappa shape index (κ2) is 6.18. The van der Waals surface area contributed by atoms with Crippen LogP contribution in [0, 0.1) is 0 Å². The maximum atomic E-state index is 13.0. The van der Waals surface area contributed by atoms with Crippen LogP contribution in [0.1, 0.15) is 36.7 Å². The number of carbonyl (C=O) groups is 1. The molecule has 0 aliphatic carbocycles. The molecule has 3 nitrogen and oxygen atoms in total. The minimum absolute atomic E-state index is 0.00474. The molecule has 23 heavy (non-hydrogen) atoms. The van der Waals surface area contributed by atoms with Gasteiger partial charge in [0.15, 0.2) is 0 Å². The summed E-state index contributed by atoms with van der Waals surface area (Å²) in [5.41, 5.74) is -0.672. The smallest absolute Gasteiger partial charge is 0.416 e. The lowest BCUT2D eigenvalue weighted by Crippen LogP contribution is -2.44. The average molecular weight is 347 g/mol. The van der Waals surface area contributed by atoms with Crippen LogP contribution in [-0.2, 0) is 6.18 Å². The Kier molecular flexibility index (Phi) is 5.25. The number of hydrogen-bond donors (Lipinski definition) is 0. The van der Waals surface area contributed by atoms with Gasteiger partial charge in [-0.2, -0.15) is 13.2 Å². The molecule has 0 atom stereocenters. The van der Waals surface area contributed by atoms with Gasteiger partial charge in [-0.05, 0) is 36.3 Å². The third-order valence-corrected chi connectivity index (χ3v) is 8.46. The van der Waals surface area contributed by atoms with Gasteiger partial charge < -0.3 is 9.33 Å². The molecule has 0 fully saturated rings. The molecule has 0 unspecified atom stereocenters. The fourth-order valence-corrected chi connectivity index (χ4v) is 2.65. The lowest BCUT2D eigenvalue weighted by atomic mass is 10.1. The number of benzene rings is 1. The van der Waals surface area contributed by atoms with Crippen LogP contribution in [0.25, 0.3) is 0 Å². The van der Waals surface area contributed by atoms with E-state index in [1.54, 1.807) is 14.1 Å². The van der Waals surface area contributed by atoms with E-state index >= 15 is 0 Å². The highest BCUT2D eigenvalue weighted by Crippen LogP contribution is 2.40. The zero-order valence-electron chi connectivity index (χ0n) is 14.6. The predicted molar refractivity (Wildman–Crippen MR) is 87.3 cm³/mol. The molecule has 130 valence electrons. The van der Waals surface area contributed by atoms with Crippen molar-refractivity contribution >= 4 is 14.2 Å². The summed E-state index contributed by atoms with van der Waals surface area (Å²) < 4.78 is 45.0. The molecule has 0 aliphatic rings. The number of alkyl halides is 3. The molecule has 0 bridgehead atoms. The highest BCUT2D eigenvalue weighted by Gasteiger charge is 2.40. The molecule has 0 radical (unpaired) electrons. The van der Waals surface area contributed by atoms with E-state index in [1.165, 1.54) is 11.0 Å². The minimum Gasteiger partial charge on any atom is -0.543 e. The van der Waals surface area contributed by atoms with Crippen LogP contribution in [0.2, 0.25) is 18.1 Å². The largest absolute Gasteiger partial charge is 0.543 e. The lowest BCUT2D eigenvalue weighted by Gasteiger charge is -2.37. The Hall–Kier alpha value is -1.50. The Morgan fingerprint density at radius 2 is 1.65 bits per heavy atom. The molecule has 0 heterocycles. The normalized spacial score (nSPS) is 13.0. The first-order valence-corrected chi connectivity index (χ1v) is 10.2. The second-order valence-corrected chi connectivity index (χ2v) is 12.0. The first-order valence-electron chi connectivity index (χ1n) is 7.29. The topological polar surface area (TPSA) is 29.5 Å². The van der Waals surface area contributed by atoms with Crippen molar-refractivity contribution in [3.63, 3.8) is 0 Å². The van der Waals surface area contributed by atoms with Gasteiger partial charge in [-0.3, -0.25) is 4.79 Å². The Balaban J connectivity index is 3.43. The summed E-state index contributed by atoms with van der Waals surface area (Å²) in [6.45, 7) is 9.81. The van der Waals surface area contributed by atoms with Crippen molar-refractivity contribution < 1.29 is 22.4 Å². The molecule has 0 N–H and O–H groups in total. The number of nitrogens with zero attached hydrogens (tertiary/aromatic N) is 1. The summed E-state index contributed by atoms with van der Waals surface area (Å²) in [5, 5.41) is -0.195. The van der Waals surface area contributed by atoms with E-state index in [9.17, 15) is 18.0 Å². The molecule has 1 aromatic rings. The van der Waals surface area contributed by atoms with Crippen LogP contribution < -0.4 is 4.43 Å². The summed E-state index contributed by atoms with van der Waals surface area (Å²) >= 11 is 0. The Bertz CT molecular complexity index is 590. The number of halogens is 3. The molecule has 0 aromatic heterocycles. The molecular formula is C16H24F3NO2Si. The number of hydrogen-bond acceptors (Lipinski definition) is 2. The summed E-state index contributed by atoms with van der Waals surface area (Å²) in [6, 6.07) is 3.03. The van der Waals surface area contributed by atoms with Crippen LogP contribution in [0.4, 0.5) is 13.2 Å². The summed E-state index contributed by atoms with van der Waals surface area (Å²) in [5.74, 6) is -0.377. The van der Waals surface area contributed by atoms with Gasteiger partial charge >= 0.3 is 6.18 Å². The maximum absolute atomic E-state index is 13.0. The highest BCUT2D eigenvalue weighted by atomic mass is 28.4. The Morgan fingerprint density at radius 1 is 1.13 bits per heavy atom. The number of amides is 1. The molecule has 1 amide bonds. The second-order valence-electron chi connectivity index (χ2n) is 7.27. The number of carbonyl (C=O) groups excluding carboxylic acids is 1. The van der Waals surface area contributed by atoms with Crippen molar-refractivity contribution in [2.45, 2.75) is 45.1 Å². The van der Waals surface area contributed by atoms with Gasteiger partial charge in [0.2, 0.25) is 0 Å². The molecular weight excluding hydrogens is 323 g/mol. The minimum atomic E-state index is -4.48. The van der Waals surface area contributed by atoms with E-state index in [4.69, 9.17) is 4.43 Å². The van der Waals surface area contributed by atoms with Gasteiger partial charge in [0.25, 0.3) is 14.2 Å². The summed E-state index contributed by atoms with van der Waals surface area (Å²) in [4.78, 5) is 13.6. The molecule has 7 heteroatoms. The predicted octanol–water partition coefficient (Wildman–Crippen LogP) is 4.79. The van der Waals surface area contributed by atoms with Crippen LogP contribution in [0.15, 0.2) is 18.2 Å². The van der Waals surface area contributed by atoms with Crippen molar-refractivity contribution in [2.24, 2.45) is 0 Å². The van der Waals surface area contributed by atoms with Crippen molar-refractivity contribution in [1.29, 1.82) is 0 Å². The van der Waals surface area contributed by atoms with Gasteiger partial charge in [0.05, 0.1) is 11.1 Å². The van der Waals surface area contributed by atoms with Crippen molar-refractivity contribution in [1.82, 2.24) is 4.90 Å². The van der Waals surface area contributed by atoms with E-state index in [1.807, 2.05) is 33.9 Å².